The number of ketones is 2. The number of methoxy groups -OCH3 is 2. The lowest BCUT2D eigenvalue weighted by molar-refractivity contribution is 0.0221. The summed E-state index contributed by atoms with van der Waals surface area (Å²) in [5, 5.41) is 18.2. The monoisotopic (exact) mass is 1970 g/mol. The summed E-state index contributed by atoms with van der Waals surface area (Å²) in [5.41, 5.74) is 15.6. The molecule has 5 saturated heterocycles. The Morgan fingerprint density at radius 2 is 0.698 bits per heavy atom. The lowest BCUT2D eigenvalue weighted by Gasteiger charge is -2.36. The van der Waals surface area contributed by atoms with Gasteiger partial charge >= 0.3 is 48.4 Å². The van der Waals surface area contributed by atoms with Gasteiger partial charge in [-0.15, -0.1) is 0 Å². The number of carbonyl (C=O) groups excluding carboxylic acids is 9. The van der Waals surface area contributed by atoms with Crippen molar-refractivity contribution in [1.82, 2.24) is 55.2 Å². The van der Waals surface area contributed by atoms with Crippen molar-refractivity contribution in [2.24, 2.45) is 0 Å². The van der Waals surface area contributed by atoms with Crippen molar-refractivity contribution >= 4 is 110 Å². The van der Waals surface area contributed by atoms with E-state index in [9.17, 15) is 47.9 Å². The number of rotatable bonds is 16. The van der Waals surface area contributed by atoms with Crippen LogP contribution in [0.2, 0.25) is 0 Å². The third-order valence-electron chi connectivity index (χ3n) is 21.3. The summed E-state index contributed by atoms with van der Waals surface area (Å²) in [6.07, 6.45) is 6.75. The van der Waals surface area contributed by atoms with Gasteiger partial charge in [0.2, 0.25) is 0 Å². The molecule has 0 radical (unpaired) electrons. The van der Waals surface area contributed by atoms with Crippen molar-refractivity contribution < 1.29 is 86.2 Å². The van der Waals surface area contributed by atoms with Gasteiger partial charge in [-0.05, 0) is 238 Å². The number of anilines is 6. The second-order valence-corrected chi connectivity index (χ2v) is 38.7. The third kappa shape index (κ3) is 36.5. The van der Waals surface area contributed by atoms with Gasteiger partial charge in [0.25, 0.3) is 0 Å². The number of carbonyl (C=O) groups is 10. The van der Waals surface area contributed by atoms with E-state index in [1.807, 2.05) is 198 Å². The molecule has 0 aliphatic carbocycles. The van der Waals surface area contributed by atoms with Crippen LogP contribution in [0.3, 0.4) is 0 Å². The van der Waals surface area contributed by atoms with Gasteiger partial charge in [0, 0.05) is 161 Å². The first kappa shape index (κ1) is 109. The second kappa shape index (κ2) is 51.0. The van der Waals surface area contributed by atoms with Crippen LogP contribution in [0.5, 0.6) is 0 Å². The number of carboxylic acid groups (broad SMARTS) is 1. The smallest absolute Gasteiger partial charge is 0.412 e. The molecule has 744 valence electrons. The number of nitrogens with two attached hydrogens (primary N) is 1. The Morgan fingerprint density at radius 3 is 1.04 bits per heavy atom. The highest BCUT2D eigenvalue weighted by Crippen LogP contribution is 2.31. The number of hydrogen-bond acceptors (Lipinski definition) is 29. The quantitative estimate of drug-likeness (QED) is 0.0197. The molecule has 5 fully saturated rings. The van der Waals surface area contributed by atoms with Crippen molar-refractivity contribution in [3.05, 3.63) is 233 Å². The fraction of sp³-hybridized carbons (Fsp3) is 0.427. The number of piperazine rings is 5. The third-order valence-corrected chi connectivity index (χ3v) is 21.7. The molecule has 4 aromatic carbocycles. The average Bonchev–Trinajstić information content (AvgIpc) is 0.789. The number of esters is 2. The first-order valence-electron chi connectivity index (χ1n) is 46.1. The summed E-state index contributed by atoms with van der Waals surface area (Å²) >= 11 is 3.15. The lowest BCUT2D eigenvalue weighted by atomic mass is 9.98. The number of amides is 5. The lowest BCUT2D eigenvalue weighted by Crippen LogP contribution is -2.50. The number of halogens is 1. The van der Waals surface area contributed by atoms with Crippen molar-refractivity contribution in [3.8, 4) is 22.3 Å². The molecule has 6 N–H and O–H groups in total. The molecule has 9 aromatic rings. The summed E-state index contributed by atoms with van der Waals surface area (Å²) < 4.78 is 36.7. The molecule has 0 unspecified atom stereocenters. The van der Waals surface area contributed by atoms with Crippen LogP contribution in [0, 0.1) is 0 Å². The van der Waals surface area contributed by atoms with E-state index in [2.05, 4.69) is 85.9 Å². The van der Waals surface area contributed by atoms with E-state index < -0.39 is 40.4 Å². The highest BCUT2D eigenvalue weighted by Gasteiger charge is 2.32. The Labute approximate surface area is 822 Å². The molecule has 0 saturated carbocycles. The van der Waals surface area contributed by atoms with Crippen LogP contribution in [0.4, 0.5) is 58.1 Å². The molecule has 14 rings (SSSR count). The summed E-state index contributed by atoms with van der Waals surface area (Å²) in [5.74, 6) is -2.06. The van der Waals surface area contributed by atoms with E-state index in [1.165, 1.54) is 26.5 Å². The molecule has 35 nitrogen and oxygen atoms in total. The normalized spacial score (nSPS) is 14.5. The van der Waals surface area contributed by atoms with Crippen LogP contribution in [-0.4, -0.2) is 283 Å². The molecular weight excluding hydrogens is 1840 g/mol. The SMILES string of the molecule is CC(C)(C)OC(=O)N1CCN(c2ccc(C(=O)O)nc2)CC1.CC(C)(C)OC(=O)N1CCNCC1.CC(C)(C)OC(=O)Nc1ccc(-c2ccccc2)cc1CC(=O)c1ccc(N2CCN(C(=O)OC(C)(C)C)CC2)cn1.COC(=O)c1ccc(Br)nc1.COC(=O)c1ccc(N2CCN(C(=O)OC(C)(C)C)CC2)cn1.Nc1ccc(-c2ccccc2)cc1CC(=O)c1ccc(N2CCNCC2)cn1. The van der Waals surface area contributed by atoms with E-state index in [-0.39, 0.29) is 71.7 Å². The number of Topliss-reactive ketones (excluding diaryl/α,β-unsaturated/α-hetero) is 2. The van der Waals surface area contributed by atoms with Crippen molar-refractivity contribution in [2.45, 2.75) is 145 Å². The minimum atomic E-state index is -1.04. The molecule has 0 bridgehead atoms. The van der Waals surface area contributed by atoms with Crippen LogP contribution in [-0.2, 0) is 46.0 Å². The fourth-order valence-electron chi connectivity index (χ4n) is 14.3. The van der Waals surface area contributed by atoms with Crippen molar-refractivity contribution in [2.75, 3.05) is 176 Å². The van der Waals surface area contributed by atoms with Crippen LogP contribution in [0.15, 0.2) is 193 Å². The number of hydrogen-bond donors (Lipinski definition) is 5. The van der Waals surface area contributed by atoms with E-state index in [1.54, 1.807) is 102 Å². The highest BCUT2D eigenvalue weighted by molar-refractivity contribution is 9.10. The van der Waals surface area contributed by atoms with Crippen LogP contribution >= 0.6 is 15.9 Å². The number of carboxylic acids is 1. The van der Waals surface area contributed by atoms with E-state index >= 15 is 0 Å². The van der Waals surface area contributed by atoms with E-state index in [4.69, 9.17) is 34.5 Å². The summed E-state index contributed by atoms with van der Waals surface area (Å²) in [6, 6.07) is 48.8. The van der Waals surface area contributed by atoms with Crippen molar-refractivity contribution in [1.29, 1.82) is 0 Å². The predicted octanol–water partition coefficient (Wildman–Crippen LogP) is 16.0. The van der Waals surface area contributed by atoms with E-state index in [0.29, 0.717) is 117 Å². The van der Waals surface area contributed by atoms with Gasteiger partial charge in [-0.2, -0.15) is 0 Å². The number of ether oxygens (including phenoxy) is 7. The fourth-order valence-corrected chi connectivity index (χ4v) is 14.5. The van der Waals surface area contributed by atoms with Crippen LogP contribution in [0.25, 0.3) is 22.3 Å². The van der Waals surface area contributed by atoms with Gasteiger partial charge in [-0.1, -0.05) is 72.8 Å². The molecule has 5 aliphatic rings. The molecule has 5 aliphatic heterocycles. The first-order chi connectivity index (χ1) is 65.8. The average molecular weight is 1980 g/mol. The highest BCUT2D eigenvalue weighted by atomic mass is 79.9. The molecule has 0 spiro atoms. The predicted molar refractivity (Wildman–Crippen MR) is 538 cm³/mol. The number of aromatic carboxylic acids is 1. The van der Waals surface area contributed by atoms with Gasteiger partial charge in [-0.3, -0.25) is 24.9 Å². The number of benzene rings is 4. The zero-order valence-electron chi connectivity index (χ0n) is 82.6. The number of aromatic nitrogens is 5. The zero-order valence-corrected chi connectivity index (χ0v) is 84.2. The standard InChI is InChI=1S/C33H40N4O5.C23H24N4O.C16H23N3O4.C15H21N3O4.C9H18N2O2.C7H6BrNO2/c1-32(2,3)41-30(39)35-27-14-12-24(23-10-8-7-9-11-23)20-25(27)21-29(38)28-15-13-26(22-34-28)36-16-18-37(19-17-36)31(40)42-33(4,5)6;24-21-8-6-18(17-4-2-1-3-5-17)14-19(21)15-23(28)22-9-7-20(16-26-22)27-12-10-25-11-13-27;1-16(2,3)23-15(21)19-9-7-18(8-10-19)12-5-6-13(17-11-12)14(20)22-4;1-15(2,3)22-14(21)18-8-6-17(7-9-18)11-4-5-12(13(19)20)16-10-11;1-9(2,3)13-8(12)11-6-4-10-5-7-11;1-11-7(10)5-2-3-6(8)9-4-5/h7-15,20,22H,16-19,21H2,1-6H3,(H,35,39);1-9,14,16,25H,10-13,15,24H2;5-6,11H,7-10H2,1-4H3;4-5,10H,6-9H2,1-3H3,(H,19,20);10H,4-7H2,1-3H3;2-4H,1H3. The number of nitrogens with one attached hydrogen (secondary N) is 3. The zero-order chi connectivity index (χ0) is 101. The maximum absolute atomic E-state index is 13.4. The minimum absolute atomic E-state index is 0.0242. The Hall–Kier alpha value is -13.9. The summed E-state index contributed by atoms with van der Waals surface area (Å²) in [6.45, 7) is 42.2. The number of nitrogens with zero attached hydrogens (tertiary/aromatic N) is 13. The molecule has 139 heavy (non-hydrogen) atoms. The Kier molecular flexibility index (Phi) is 39.9. The largest absolute Gasteiger partial charge is 0.477 e. The molecule has 0 atom stereocenters. The Bertz CT molecular complexity index is 5530. The van der Waals surface area contributed by atoms with Gasteiger partial charge in [0.1, 0.15) is 55.4 Å². The molecular formula is C103H132BrN17O18. The van der Waals surface area contributed by atoms with Crippen LogP contribution in [0.1, 0.15) is 167 Å². The Morgan fingerprint density at radius 1 is 0.360 bits per heavy atom. The topological polar surface area (TPSA) is 408 Å². The molecule has 5 amide bonds. The van der Waals surface area contributed by atoms with Crippen LogP contribution < -0.4 is 41.3 Å². The molecule has 5 aromatic heterocycles. The number of pyridine rings is 5. The Balaban J connectivity index is 0.000000196. The summed E-state index contributed by atoms with van der Waals surface area (Å²) in [7, 11) is 2.66. The van der Waals surface area contributed by atoms with Gasteiger partial charge in [0.15, 0.2) is 11.6 Å². The molecule has 36 heteroatoms. The second-order valence-electron chi connectivity index (χ2n) is 37.9. The maximum Gasteiger partial charge on any atom is 0.412 e. The van der Waals surface area contributed by atoms with Gasteiger partial charge in [0.05, 0.1) is 67.3 Å². The maximum atomic E-state index is 13.4. The van der Waals surface area contributed by atoms with Gasteiger partial charge < -0.3 is 93.8 Å². The van der Waals surface area contributed by atoms with Crippen molar-refractivity contribution in [3.63, 3.8) is 0 Å². The van der Waals surface area contributed by atoms with E-state index in [0.717, 1.165) is 103 Å². The first-order valence-corrected chi connectivity index (χ1v) is 46.9. The summed E-state index contributed by atoms with van der Waals surface area (Å²) in [4.78, 5) is 156. The minimum Gasteiger partial charge on any atom is -0.477 e. The number of nitrogen functional groups attached to an aromatic ring is 1. The molecule has 10 heterocycles. The van der Waals surface area contributed by atoms with Gasteiger partial charge in [-0.25, -0.2) is 53.3 Å².